The SMILES string of the molecule is CCCCCCCCCc1ccc(CN2CCC(c3nn[nH]n3)C2)cc1. The highest BCUT2D eigenvalue weighted by Gasteiger charge is 2.26. The fourth-order valence-corrected chi connectivity index (χ4v) is 3.89. The number of tetrazole rings is 1. The lowest BCUT2D eigenvalue weighted by Crippen LogP contribution is -2.20. The molecule has 0 aliphatic carbocycles. The molecule has 0 radical (unpaired) electrons. The van der Waals surface area contributed by atoms with Crippen molar-refractivity contribution in [2.24, 2.45) is 0 Å². The number of nitrogens with one attached hydrogen (secondary N) is 1. The average Bonchev–Trinajstić information content (AvgIpc) is 3.34. The number of hydrogen-bond donors (Lipinski definition) is 1. The average molecular weight is 356 g/mol. The molecule has 0 amide bonds. The van der Waals surface area contributed by atoms with Crippen molar-refractivity contribution in [3.63, 3.8) is 0 Å². The first-order valence-electron chi connectivity index (χ1n) is 10.4. The van der Waals surface area contributed by atoms with Crippen molar-refractivity contribution >= 4 is 0 Å². The van der Waals surface area contributed by atoms with Gasteiger partial charge in [-0.25, -0.2) is 0 Å². The Kier molecular flexibility index (Phi) is 7.62. The lowest BCUT2D eigenvalue weighted by atomic mass is 10.0. The van der Waals surface area contributed by atoms with Crippen LogP contribution in [0.15, 0.2) is 24.3 Å². The molecule has 1 aliphatic rings. The van der Waals surface area contributed by atoms with Crippen molar-refractivity contribution in [2.75, 3.05) is 13.1 Å². The number of nitrogens with zero attached hydrogens (tertiary/aromatic N) is 4. The molecule has 5 heteroatoms. The highest BCUT2D eigenvalue weighted by Crippen LogP contribution is 2.25. The minimum absolute atomic E-state index is 0.422. The molecule has 0 saturated carbocycles. The molecule has 2 aromatic rings. The molecule has 0 spiro atoms. The van der Waals surface area contributed by atoms with Gasteiger partial charge in [0.25, 0.3) is 0 Å². The zero-order chi connectivity index (χ0) is 18.0. The van der Waals surface area contributed by atoms with Gasteiger partial charge in [0.2, 0.25) is 0 Å². The molecule has 26 heavy (non-hydrogen) atoms. The van der Waals surface area contributed by atoms with E-state index in [1.165, 1.54) is 62.5 Å². The summed E-state index contributed by atoms with van der Waals surface area (Å²) < 4.78 is 0. The van der Waals surface area contributed by atoms with E-state index in [9.17, 15) is 0 Å². The molecule has 3 rings (SSSR count). The molecular formula is C21H33N5. The van der Waals surface area contributed by atoms with Crippen LogP contribution < -0.4 is 0 Å². The maximum Gasteiger partial charge on any atom is 0.178 e. The Morgan fingerprint density at radius 2 is 1.73 bits per heavy atom. The summed E-state index contributed by atoms with van der Waals surface area (Å²) in [6, 6.07) is 9.24. The van der Waals surface area contributed by atoms with Crippen molar-refractivity contribution in [1.82, 2.24) is 25.5 Å². The predicted molar refractivity (Wildman–Crippen MR) is 105 cm³/mol. The van der Waals surface area contributed by atoms with Crippen molar-refractivity contribution in [1.29, 1.82) is 0 Å². The van der Waals surface area contributed by atoms with Gasteiger partial charge in [-0.2, -0.15) is 5.21 Å². The normalized spacial score (nSPS) is 17.8. The maximum atomic E-state index is 4.13. The minimum atomic E-state index is 0.422. The Morgan fingerprint density at radius 1 is 1.00 bits per heavy atom. The Hall–Kier alpha value is -1.75. The molecule has 1 aromatic heterocycles. The fraction of sp³-hybridized carbons (Fsp3) is 0.667. The van der Waals surface area contributed by atoms with Gasteiger partial charge in [0.1, 0.15) is 0 Å². The molecule has 142 valence electrons. The first kappa shape index (κ1) is 19.0. The van der Waals surface area contributed by atoms with Crippen molar-refractivity contribution in [3.05, 3.63) is 41.2 Å². The van der Waals surface area contributed by atoms with Gasteiger partial charge in [-0.3, -0.25) is 4.90 Å². The smallest absolute Gasteiger partial charge is 0.178 e. The largest absolute Gasteiger partial charge is 0.298 e. The third-order valence-electron chi connectivity index (χ3n) is 5.50. The second-order valence-corrected chi connectivity index (χ2v) is 7.68. The predicted octanol–water partition coefficient (Wildman–Crippen LogP) is 4.48. The third kappa shape index (κ3) is 5.90. The molecule has 0 bridgehead atoms. The van der Waals surface area contributed by atoms with Crippen molar-refractivity contribution < 1.29 is 0 Å². The van der Waals surface area contributed by atoms with Gasteiger partial charge in [0, 0.05) is 19.0 Å². The number of unbranched alkanes of at least 4 members (excludes halogenated alkanes) is 6. The molecule has 1 N–H and O–H groups in total. The van der Waals surface area contributed by atoms with Gasteiger partial charge in [0.05, 0.1) is 0 Å². The van der Waals surface area contributed by atoms with Crippen LogP contribution >= 0.6 is 0 Å². The van der Waals surface area contributed by atoms with Gasteiger partial charge in [-0.1, -0.05) is 74.9 Å². The summed E-state index contributed by atoms with van der Waals surface area (Å²) >= 11 is 0. The molecular weight excluding hydrogens is 322 g/mol. The summed E-state index contributed by atoms with van der Waals surface area (Å²) in [6.45, 7) is 5.43. The first-order chi connectivity index (χ1) is 12.8. The second-order valence-electron chi connectivity index (χ2n) is 7.68. The topological polar surface area (TPSA) is 57.7 Å². The Morgan fingerprint density at radius 3 is 2.46 bits per heavy atom. The summed E-state index contributed by atoms with van der Waals surface area (Å²) in [7, 11) is 0. The zero-order valence-corrected chi connectivity index (χ0v) is 16.2. The highest BCUT2D eigenvalue weighted by atomic mass is 15.5. The Labute approximate surface area is 157 Å². The third-order valence-corrected chi connectivity index (χ3v) is 5.50. The summed E-state index contributed by atoms with van der Waals surface area (Å²) in [4.78, 5) is 2.49. The van der Waals surface area contributed by atoms with E-state index >= 15 is 0 Å². The quantitative estimate of drug-likeness (QED) is 0.604. The molecule has 2 heterocycles. The van der Waals surface area contributed by atoms with Crippen LogP contribution in [0.2, 0.25) is 0 Å². The van der Waals surface area contributed by atoms with Crippen LogP contribution in [-0.4, -0.2) is 38.6 Å². The van der Waals surface area contributed by atoms with Crippen LogP contribution in [0, 0.1) is 0 Å². The van der Waals surface area contributed by atoms with E-state index < -0.39 is 0 Å². The van der Waals surface area contributed by atoms with Gasteiger partial charge in [-0.05, 0) is 36.9 Å². The summed E-state index contributed by atoms with van der Waals surface area (Å²) in [5, 5.41) is 14.5. The number of likely N-dealkylation sites (tertiary alicyclic amines) is 1. The molecule has 5 nitrogen and oxygen atoms in total. The van der Waals surface area contributed by atoms with Crippen LogP contribution in [0.3, 0.4) is 0 Å². The van der Waals surface area contributed by atoms with Crippen LogP contribution in [0.1, 0.15) is 81.2 Å². The molecule has 1 atom stereocenters. The number of aromatic nitrogens is 4. The van der Waals surface area contributed by atoms with Crippen LogP contribution in [0.5, 0.6) is 0 Å². The standard InChI is InChI=1S/C21H33N5/c1-2-3-4-5-6-7-8-9-18-10-12-19(13-11-18)16-26-15-14-20(17-26)21-22-24-25-23-21/h10-13,20H,2-9,14-17H2,1H3,(H,22,23,24,25). The van der Waals surface area contributed by atoms with E-state index in [-0.39, 0.29) is 0 Å². The van der Waals surface area contributed by atoms with E-state index in [0.717, 1.165) is 31.9 Å². The second kappa shape index (κ2) is 10.4. The summed E-state index contributed by atoms with van der Waals surface area (Å²) in [6.07, 6.45) is 12.0. The first-order valence-corrected chi connectivity index (χ1v) is 10.4. The minimum Gasteiger partial charge on any atom is -0.298 e. The molecule has 1 unspecified atom stereocenters. The van der Waals surface area contributed by atoms with E-state index in [4.69, 9.17) is 0 Å². The molecule has 1 saturated heterocycles. The number of benzene rings is 1. The lowest BCUT2D eigenvalue weighted by molar-refractivity contribution is 0.325. The number of H-pyrrole nitrogens is 1. The lowest BCUT2D eigenvalue weighted by Gasteiger charge is -2.15. The van der Waals surface area contributed by atoms with Crippen LogP contribution in [0.25, 0.3) is 0 Å². The summed E-state index contributed by atoms with van der Waals surface area (Å²) in [5.41, 5.74) is 2.88. The van der Waals surface area contributed by atoms with Crippen LogP contribution in [0.4, 0.5) is 0 Å². The highest BCUT2D eigenvalue weighted by molar-refractivity contribution is 5.22. The maximum absolute atomic E-state index is 4.13. The summed E-state index contributed by atoms with van der Waals surface area (Å²) in [5.74, 6) is 1.28. The molecule has 1 aromatic carbocycles. The van der Waals surface area contributed by atoms with Gasteiger partial charge in [-0.15, -0.1) is 10.2 Å². The molecule has 1 fully saturated rings. The number of aromatic amines is 1. The van der Waals surface area contributed by atoms with Gasteiger partial charge < -0.3 is 0 Å². The number of rotatable bonds is 11. The number of hydrogen-bond acceptors (Lipinski definition) is 4. The molecule has 1 aliphatic heterocycles. The van der Waals surface area contributed by atoms with Crippen molar-refractivity contribution in [3.8, 4) is 0 Å². The monoisotopic (exact) mass is 355 g/mol. The van der Waals surface area contributed by atoms with Gasteiger partial charge in [0.15, 0.2) is 5.82 Å². The Bertz CT molecular complexity index is 608. The van der Waals surface area contributed by atoms with E-state index in [1.54, 1.807) is 0 Å². The fourth-order valence-electron chi connectivity index (χ4n) is 3.89. The van der Waals surface area contributed by atoms with E-state index in [0.29, 0.717) is 5.92 Å². The number of aryl methyl sites for hydroxylation is 1. The van der Waals surface area contributed by atoms with Gasteiger partial charge >= 0.3 is 0 Å². The van der Waals surface area contributed by atoms with Crippen LogP contribution in [-0.2, 0) is 13.0 Å². The van der Waals surface area contributed by atoms with E-state index in [2.05, 4.69) is 56.7 Å². The Balaban J connectivity index is 1.34. The van der Waals surface area contributed by atoms with E-state index in [1.807, 2.05) is 0 Å². The zero-order valence-electron chi connectivity index (χ0n) is 16.2. The van der Waals surface area contributed by atoms with Crippen molar-refractivity contribution in [2.45, 2.75) is 77.2 Å².